The van der Waals surface area contributed by atoms with Gasteiger partial charge in [-0.1, -0.05) is 30.3 Å². The molecule has 5 heteroatoms. The fourth-order valence-corrected chi connectivity index (χ4v) is 1.96. The van der Waals surface area contributed by atoms with Gasteiger partial charge in [0.2, 0.25) is 5.91 Å². The SMILES string of the molecule is O=C(Cc1cccc(F)c1)NCC(O)c1ccccc1F. The van der Waals surface area contributed by atoms with Gasteiger partial charge in [0.05, 0.1) is 12.5 Å². The van der Waals surface area contributed by atoms with Crippen LogP contribution in [0.3, 0.4) is 0 Å². The highest BCUT2D eigenvalue weighted by atomic mass is 19.1. The van der Waals surface area contributed by atoms with Crippen molar-refractivity contribution in [3.05, 3.63) is 71.3 Å². The molecule has 3 nitrogen and oxygen atoms in total. The summed E-state index contributed by atoms with van der Waals surface area (Å²) in [4.78, 5) is 11.7. The Labute approximate surface area is 121 Å². The Balaban J connectivity index is 1.88. The maximum Gasteiger partial charge on any atom is 0.224 e. The highest BCUT2D eigenvalue weighted by Crippen LogP contribution is 2.15. The fourth-order valence-electron chi connectivity index (χ4n) is 1.96. The number of hydrogen-bond donors (Lipinski definition) is 2. The molecule has 0 radical (unpaired) electrons. The standard InChI is InChI=1S/C16H15F2NO2/c17-12-5-3-4-11(8-12)9-16(21)19-10-15(20)13-6-1-2-7-14(13)18/h1-8,15,20H,9-10H2,(H,19,21). The molecular formula is C16H15F2NO2. The van der Waals surface area contributed by atoms with Crippen LogP contribution in [-0.4, -0.2) is 17.6 Å². The van der Waals surface area contributed by atoms with E-state index in [1.165, 1.54) is 36.4 Å². The zero-order valence-corrected chi connectivity index (χ0v) is 11.2. The van der Waals surface area contributed by atoms with Gasteiger partial charge in [-0.2, -0.15) is 0 Å². The molecule has 1 amide bonds. The number of rotatable bonds is 5. The molecule has 0 saturated carbocycles. The van der Waals surface area contributed by atoms with Crippen LogP contribution in [0.1, 0.15) is 17.2 Å². The van der Waals surface area contributed by atoms with Crippen LogP contribution in [0, 0.1) is 11.6 Å². The summed E-state index contributed by atoms with van der Waals surface area (Å²) in [5.74, 6) is -1.30. The maximum absolute atomic E-state index is 13.4. The third-order valence-electron chi connectivity index (χ3n) is 3.01. The lowest BCUT2D eigenvalue weighted by molar-refractivity contribution is -0.120. The largest absolute Gasteiger partial charge is 0.386 e. The number of nitrogens with one attached hydrogen (secondary N) is 1. The molecule has 2 aromatic carbocycles. The summed E-state index contributed by atoms with van der Waals surface area (Å²) < 4.78 is 26.4. The lowest BCUT2D eigenvalue weighted by atomic mass is 10.1. The molecule has 0 aliphatic rings. The third-order valence-corrected chi connectivity index (χ3v) is 3.01. The van der Waals surface area contributed by atoms with E-state index in [0.717, 1.165) is 0 Å². The summed E-state index contributed by atoms with van der Waals surface area (Å²) in [5, 5.41) is 12.3. The minimum atomic E-state index is -1.12. The van der Waals surface area contributed by atoms with E-state index in [2.05, 4.69) is 5.32 Å². The van der Waals surface area contributed by atoms with Crippen LogP contribution >= 0.6 is 0 Å². The number of amides is 1. The van der Waals surface area contributed by atoms with Crippen molar-refractivity contribution < 1.29 is 18.7 Å². The molecule has 21 heavy (non-hydrogen) atoms. The molecule has 0 aromatic heterocycles. The Bertz CT molecular complexity index is 631. The molecule has 2 aromatic rings. The van der Waals surface area contributed by atoms with E-state index < -0.39 is 17.7 Å². The van der Waals surface area contributed by atoms with Crippen molar-refractivity contribution in [1.29, 1.82) is 0 Å². The molecule has 0 aliphatic heterocycles. The van der Waals surface area contributed by atoms with Crippen molar-refractivity contribution in [2.24, 2.45) is 0 Å². The first-order chi connectivity index (χ1) is 10.1. The van der Waals surface area contributed by atoms with Gasteiger partial charge in [-0.3, -0.25) is 4.79 Å². The lowest BCUT2D eigenvalue weighted by Gasteiger charge is -2.13. The Morgan fingerprint density at radius 2 is 1.90 bits per heavy atom. The van der Waals surface area contributed by atoms with Crippen LogP contribution in [-0.2, 0) is 11.2 Å². The predicted molar refractivity (Wildman–Crippen MR) is 74.5 cm³/mol. The second-order valence-electron chi connectivity index (χ2n) is 4.65. The molecule has 1 atom stereocenters. The average molecular weight is 291 g/mol. The van der Waals surface area contributed by atoms with Gasteiger partial charge in [-0.15, -0.1) is 0 Å². The summed E-state index contributed by atoms with van der Waals surface area (Å²) in [7, 11) is 0. The summed E-state index contributed by atoms with van der Waals surface area (Å²) in [6.45, 7) is -0.102. The van der Waals surface area contributed by atoms with Crippen LogP contribution in [0.2, 0.25) is 0 Å². The van der Waals surface area contributed by atoms with Gasteiger partial charge in [0.15, 0.2) is 0 Å². The van der Waals surface area contributed by atoms with Crippen molar-refractivity contribution in [1.82, 2.24) is 5.32 Å². The van der Waals surface area contributed by atoms with E-state index in [-0.39, 0.29) is 24.4 Å². The molecule has 0 fully saturated rings. The average Bonchev–Trinajstić information content (AvgIpc) is 2.45. The van der Waals surface area contributed by atoms with Gasteiger partial charge < -0.3 is 10.4 Å². The first kappa shape index (κ1) is 15.1. The van der Waals surface area contributed by atoms with Gasteiger partial charge in [0, 0.05) is 12.1 Å². The smallest absolute Gasteiger partial charge is 0.224 e. The molecule has 0 saturated heterocycles. The van der Waals surface area contributed by atoms with E-state index in [4.69, 9.17) is 0 Å². The highest BCUT2D eigenvalue weighted by Gasteiger charge is 2.13. The highest BCUT2D eigenvalue weighted by molar-refractivity contribution is 5.78. The molecular weight excluding hydrogens is 276 g/mol. The van der Waals surface area contributed by atoms with Crippen molar-refractivity contribution in [3.8, 4) is 0 Å². The summed E-state index contributed by atoms with van der Waals surface area (Å²) in [5.41, 5.74) is 0.663. The Kier molecular flexibility index (Phi) is 5.00. The van der Waals surface area contributed by atoms with Gasteiger partial charge in [-0.05, 0) is 23.8 Å². The molecule has 110 valence electrons. The van der Waals surface area contributed by atoms with Crippen LogP contribution in [0.15, 0.2) is 48.5 Å². The topological polar surface area (TPSA) is 49.3 Å². The van der Waals surface area contributed by atoms with E-state index >= 15 is 0 Å². The van der Waals surface area contributed by atoms with Crippen LogP contribution in [0.4, 0.5) is 8.78 Å². The van der Waals surface area contributed by atoms with E-state index in [1.54, 1.807) is 12.1 Å². The fraction of sp³-hybridized carbons (Fsp3) is 0.188. The quantitative estimate of drug-likeness (QED) is 0.888. The van der Waals surface area contributed by atoms with Crippen molar-refractivity contribution >= 4 is 5.91 Å². The molecule has 0 aliphatic carbocycles. The number of carbonyl (C=O) groups is 1. The van der Waals surface area contributed by atoms with Gasteiger partial charge in [-0.25, -0.2) is 8.78 Å². The number of halogens is 2. The van der Waals surface area contributed by atoms with Gasteiger partial charge in [0.25, 0.3) is 0 Å². The number of benzene rings is 2. The Hall–Kier alpha value is -2.27. The number of aliphatic hydroxyl groups is 1. The summed E-state index contributed by atoms with van der Waals surface area (Å²) in [6.07, 6.45) is -1.12. The zero-order valence-electron chi connectivity index (χ0n) is 11.2. The summed E-state index contributed by atoms with van der Waals surface area (Å²) >= 11 is 0. The van der Waals surface area contributed by atoms with Crippen LogP contribution < -0.4 is 5.32 Å². The minimum Gasteiger partial charge on any atom is -0.386 e. The molecule has 0 heterocycles. The van der Waals surface area contributed by atoms with E-state index in [1.807, 2.05) is 0 Å². The zero-order chi connectivity index (χ0) is 15.2. The third kappa shape index (κ3) is 4.36. The molecule has 0 bridgehead atoms. The van der Waals surface area contributed by atoms with Crippen molar-refractivity contribution in [2.75, 3.05) is 6.54 Å². The molecule has 2 N–H and O–H groups in total. The van der Waals surface area contributed by atoms with Crippen molar-refractivity contribution in [3.63, 3.8) is 0 Å². The molecule has 2 rings (SSSR count). The van der Waals surface area contributed by atoms with Crippen LogP contribution in [0.5, 0.6) is 0 Å². The normalized spacial score (nSPS) is 12.0. The predicted octanol–water partition coefficient (Wildman–Crippen LogP) is 2.36. The summed E-state index contributed by atoms with van der Waals surface area (Å²) in [6, 6.07) is 11.6. The number of hydrogen-bond acceptors (Lipinski definition) is 2. The minimum absolute atomic E-state index is 0.00174. The lowest BCUT2D eigenvalue weighted by Crippen LogP contribution is -2.30. The Morgan fingerprint density at radius 1 is 1.14 bits per heavy atom. The Morgan fingerprint density at radius 3 is 2.62 bits per heavy atom. The van der Waals surface area contributed by atoms with Crippen molar-refractivity contribution in [2.45, 2.75) is 12.5 Å². The first-order valence-electron chi connectivity index (χ1n) is 6.50. The monoisotopic (exact) mass is 291 g/mol. The van der Waals surface area contributed by atoms with Gasteiger partial charge in [0.1, 0.15) is 11.6 Å². The van der Waals surface area contributed by atoms with E-state index in [0.29, 0.717) is 5.56 Å². The van der Waals surface area contributed by atoms with Gasteiger partial charge >= 0.3 is 0 Å². The maximum atomic E-state index is 13.4. The van der Waals surface area contributed by atoms with E-state index in [9.17, 15) is 18.7 Å². The number of carbonyl (C=O) groups excluding carboxylic acids is 1. The first-order valence-corrected chi connectivity index (χ1v) is 6.50. The molecule has 1 unspecified atom stereocenters. The second kappa shape index (κ2) is 6.95. The second-order valence-corrected chi connectivity index (χ2v) is 4.65. The molecule has 0 spiro atoms. The number of aliphatic hydroxyl groups excluding tert-OH is 1. The van der Waals surface area contributed by atoms with Crippen LogP contribution in [0.25, 0.3) is 0 Å².